The first-order valence-electron chi connectivity index (χ1n) is 9.07. The predicted octanol–water partition coefficient (Wildman–Crippen LogP) is 5.09. The van der Waals surface area contributed by atoms with Crippen LogP contribution in [-0.4, -0.2) is 23.6 Å². The Bertz CT molecular complexity index is 841. The molecule has 0 fully saturated rings. The van der Waals surface area contributed by atoms with E-state index in [0.717, 1.165) is 11.1 Å². The highest BCUT2D eigenvalue weighted by Crippen LogP contribution is 2.21. The molecule has 0 aromatic heterocycles. The summed E-state index contributed by atoms with van der Waals surface area (Å²) in [5, 5.41) is 12.4. The minimum atomic E-state index is -0.984. The quantitative estimate of drug-likeness (QED) is 0.674. The Labute approximate surface area is 170 Å². The molecular weight excluding hydrogens is 378 g/mol. The highest BCUT2D eigenvalue weighted by Gasteiger charge is 2.17. The van der Waals surface area contributed by atoms with Crippen LogP contribution in [0.1, 0.15) is 65.6 Å². The number of benzene rings is 2. The smallest absolute Gasteiger partial charge is 0.335 e. The Morgan fingerprint density at radius 3 is 2.36 bits per heavy atom. The molecule has 0 aliphatic heterocycles. The Morgan fingerprint density at radius 2 is 1.79 bits per heavy atom. The lowest BCUT2D eigenvalue weighted by molar-refractivity contribution is 0.0591. The fourth-order valence-electron chi connectivity index (χ4n) is 2.63. The van der Waals surface area contributed by atoms with E-state index in [1.165, 1.54) is 12.1 Å². The average molecular weight is 404 g/mol. The van der Waals surface area contributed by atoms with Gasteiger partial charge in [0.1, 0.15) is 0 Å². The fourth-order valence-corrected chi connectivity index (χ4v) is 2.80. The van der Waals surface area contributed by atoms with Crippen LogP contribution in [0.4, 0.5) is 0 Å². The largest absolute Gasteiger partial charge is 0.478 e. The summed E-state index contributed by atoms with van der Waals surface area (Å²) >= 11 is 6.09. The molecule has 5 nitrogen and oxygen atoms in total. The van der Waals surface area contributed by atoms with Crippen LogP contribution in [0.25, 0.3) is 0 Å². The van der Waals surface area contributed by atoms with Crippen molar-refractivity contribution in [1.82, 2.24) is 5.32 Å². The summed E-state index contributed by atoms with van der Waals surface area (Å²) in [7, 11) is 0. The molecule has 0 aliphatic carbocycles. The van der Waals surface area contributed by atoms with E-state index < -0.39 is 5.97 Å². The molecule has 1 atom stereocenters. The zero-order valence-electron chi connectivity index (χ0n) is 16.6. The zero-order valence-corrected chi connectivity index (χ0v) is 17.3. The van der Waals surface area contributed by atoms with Crippen molar-refractivity contribution in [2.75, 3.05) is 6.61 Å². The molecule has 0 saturated carbocycles. The molecule has 0 heterocycles. The summed E-state index contributed by atoms with van der Waals surface area (Å²) in [6, 6.07) is 11.3. The van der Waals surface area contributed by atoms with Gasteiger partial charge in [-0.25, -0.2) is 4.79 Å². The second-order valence-corrected chi connectivity index (χ2v) is 8.41. The van der Waals surface area contributed by atoms with Gasteiger partial charge in [-0.1, -0.05) is 50.6 Å². The number of hydrogen-bond donors (Lipinski definition) is 2. The van der Waals surface area contributed by atoms with E-state index in [1.54, 1.807) is 30.3 Å². The van der Waals surface area contributed by atoms with Gasteiger partial charge >= 0.3 is 5.97 Å². The van der Waals surface area contributed by atoms with Crippen LogP contribution in [0.2, 0.25) is 5.02 Å². The van der Waals surface area contributed by atoms with E-state index in [1.807, 2.05) is 6.92 Å². The monoisotopic (exact) mass is 403 g/mol. The van der Waals surface area contributed by atoms with E-state index in [0.29, 0.717) is 23.8 Å². The molecule has 28 heavy (non-hydrogen) atoms. The van der Waals surface area contributed by atoms with Crippen LogP contribution in [0.15, 0.2) is 42.5 Å². The third kappa shape index (κ3) is 6.36. The number of carboxylic acid groups (broad SMARTS) is 1. The normalized spacial score (nSPS) is 12.5. The van der Waals surface area contributed by atoms with Crippen molar-refractivity contribution in [3.8, 4) is 0 Å². The zero-order chi connectivity index (χ0) is 20.9. The van der Waals surface area contributed by atoms with Crippen LogP contribution in [0, 0.1) is 5.41 Å². The molecule has 6 heteroatoms. The Kier molecular flexibility index (Phi) is 7.22. The van der Waals surface area contributed by atoms with Crippen molar-refractivity contribution in [2.24, 2.45) is 5.41 Å². The first-order valence-corrected chi connectivity index (χ1v) is 9.45. The topological polar surface area (TPSA) is 75.6 Å². The summed E-state index contributed by atoms with van der Waals surface area (Å²) in [6.07, 6.45) is 0. The van der Waals surface area contributed by atoms with Gasteiger partial charge in [-0.2, -0.15) is 0 Å². The molecule has 2 N–H and O–H groups in total. The van der Waals surface area contributed by atoms with E-state index in [9.17, 15) is 9.59 Å². The molecule has 150 valence electrons. The maximum absolute atomic E-state index is 12.8. The molecule has 0 saturated heterocycles. The number of aromatic carboxylic acids is 1. The first kappa shape index (κ1) is 21.9. The van der Waals surface area contributed by atoms with Gasteiger partial charge in [0.25, 0.3) is 5.91 Å². The lowest BCUT2D eigenvalue weighted by Gasteiger charge is -2.19. The predicted molar refractivity (Wildman–Crippen MR) is 110 cm³/mol. The minimum Gasteiger partial charge on any atom is -0.478 e. The van der Waals surface area contributed by atoms with Crippen molar-refractivity contribution in [2.45, 2.75) is 40.3 Å². The number of hydrogen-bond acceptors (Lipinski definition) is 3. The number of carbonyl (C=O) groups is 2. The highest BCUT2D eigenvalue weighted by atomic mass is 35.5. The average Bonchev–Trinajstić information content (AvgIpc) is 2.61. The molecule has 0 bridgehead atoms. The summed E-state index contributed by atoms with van der Waals surface area (Å²) in [4.78, 5) is 23.8. The molecule has 0 spiro atoms. The molecule has 0 aliphatic rings. The van der Waals surface area contributed by atoms with Crippen LogP contribution in [0.3, 0.4) is 0 Å². The lowest BCUT2D eigenvalue weighted by atomic mass is 9.98. The number of carbonyl (C=O) groups excluding carboxylic acids is 1. The summed E-state index contributed by atoms with van der Waals surface area (Å²) in [6.45, 7) is 8.98. The third-order valence-electron chi connectivity index (χ3n) is 4.11. The number of rotatable bonds is 7. The molecule has 0 radical (unpaired) electrons. The van der Waals surface area contributed by atoms with Gasteiger partial charge in [0.05, 0.1) is 24.8 Å². The number of carboxylic acids is 1. The molecule has 1 amide bonds. The van der Waals surface area contributed by atoms with Gasteiger partial charge in [0.15, 0.2) is 0 Å². The van der Waals surface area contributed by atoms with Gasteiger partial charge in [-0.3, -0.25) is 4.79 Å². The fraction of sp³-hybridized carbons (Fsp3) is 0.364. The molecule has 2 aromatic rings. The van der Waals surface area contributed by atoms with Gasteiger partial charge in [0, 0.05) is 10.6 Å². The highest BCUT2D eigenvalue weighted by molar-refractivity contribution is 6.31. The van der Waals surface area contributed by atoms with Gasteiger partial charge in [-0.05, 0) is 47.7 Å². The minimum absolute atomic E-state index is 0.0332. The molecule has 2 aromatic carbocycles. The van der Waals surface area contributed by atoms with Crippen molar-refractivity contribution >= 4 is 23.5 Å². The molecular formula is C22H26ClNO4. The Balaban J connectivity index is 2.11. The van der Waals surface area contributed by atoms with E-state index in [-0.39, 0.29) is 22.9 Å². The molecule has 0 unspecified atom stereocenters. The number of halogens is 1. The second-order valence-electron chi connectivity index (χ2n) is 7.98. The van der Waals surface area contributed by atoms with Gasteiger partial charge < -0.3 is 15.2 Å². The van der Waals surface area contributed by atoms with E-state index in [2.05, 4.69) is 26.1 Å². The summed E-state index contributed by atoms with van der Waals surface area (Å²) in [5.74, 6) is -1.24. The number of amides is 1. The van der Waals surface area contributed by atoms with Crippen molar-refractivity contribution < 1.29 is 19.4 Å². The van der Waals surface area contributed by atoms with Crippen LogP contribution < -0.4 is 5.32 Å². The van der Waals surface area contributed by atoms with Crippen LogP contribution in [-0.2, 0) is 11.3 Å². The van der Waals surface area contributed by atoms with Crippen molar-refractivity contribution in [3.05, 3.63) is 69.7 Å². The summed E-state index contributed by atoms with van der Waals surface area (Å²) in [5.41, 5.74) is 2.28. The van der Waals surface area contributed by atoms with E-state index >= 15 is 0 Å². The Morgan fingerprint density at radius 1 is 1.14 bits per heavy atom. The second kappa shape index (κ2) is 9.22. The van der Waals surface area contributed by atoms with Gasteiger partial charge in [0.2, 0.25) is 0 Å². The SMILES string of the molecule is C[C@H](NC(=O)c1cc(Cl)ccc1COCC(C)(C)C)c1ccc(C(=O)O)cc1. The van der Waals surface area contributed by atoms with E-state index in [4.69, 9.17) is 21.4 Å². The number of ether oxygens (including phenoxy) is 1. The number of nitrogens with one attached hydrogen (secondary N) is 1. The standard InChI is InChI=1S/C22H26ClNO4/c1-14(15-5-7-16(8-6-15)21(26)27)24-20(25)19-11-18(23)10-9-17(19)12-28-13-22(2,3)4/h5-11,14H,12-13H2,1-4H3,(H,24,25)(H,26,27)/t14-/m0/s1. The van der Waals surface area contributed by atoms with Crippen LogP contribution >= 0.6 is 11.6 Å². The summed E-state index contributed by atoms with van der Waals surface area (Å²) < 4.78 is 5.76. The Hall–Kier alpha value is -2.37. The van der Waals surface area contributed by atoms with Gasteiger partial charge in [-0.15, -0.1) is 0 Å². The molecule has 2 rings (SSSR count). The van der Waals surface area contributed by atoms with Crippen molar-refractivity contribution in [1.29, 1.82) is 0 Å². The lowest BCUT2D eigenvalue weighted by Crippen LogP contribution is -2.28. The van der Waals surface area contributed by atoms with Crippen LogP contribution in [0.5, 0.6) is 0 Å². The first-order chi connectivity index (χ1) is 13.1. The maximum Gasteiger partial charge on any atom is 0.335 e. The third-order valence-corrected chi connectivity index (χ3v) is 4.35. The maximum atomic E-state index is 12.8. The van der Waals surface area contributed by atoms with Crippen molar-refractivity contribution in [3.63, 3.8) is 0 Å².